The number of amides is 1. The topological polar surface area (TPSA) is 75.3 Å². The highest BCUT2D eigenvalue weighted by Crippen LogP contribution is 2.19. The molecule has 0 spiro atoms. The molecule has 0 bridgehead atoms. The molecule has 0 aliphatic carbocycles. The summed E-state index contributed by atoms with van der Waals surface area (Å²) in [7, 11) is -4.02. The maximum Gasteiger partial charge on any atom is 0.261 e. The Kier molecular flexibility index (Phi) is 5.18. The molecule has 8 heteroatoms. The molecule has 1 amide bonds. The summed E-state index contributed by atoms with van der Waals surface area (Å²) in [5.41, 5.74) is 0.768. The average Bonchev–Trinajstić information content (AvgIpc) is 2.65. The standard InChI is InChI=1S/C19H14F2N2O3S/c20-17-11-8-15(12-18(17)21)23-27(25,26)16-9-6-13(7-10-16)19(24)22-14-4-2-1-3-5-14/h1-12,23H,(H,22,24). The molecule has 138 valence electrons. The second kappa shape index (κ2) is 7.55. The van der Waals surface area contributed by atoms with Gasteiger partial charge in [0.25, 0.3) is 15.9 Å². The molecule has 3 aromatic rings. The lowest BCUT2D eigenvalue weighted by Gasteiger charge is -2.09. The largest absolute Gasteiger partial charge is 0.322 e. The molecule has 0 unspecified atom stereocenters. The fourth-order valence-electron chi connectivity index (χ4n) is 2.28. The average molecular weight is 388 g/mol. The SMILES string of the molecule is O=C(Nc1ccccc1)c1ccc(S(=O)(=O)Nc2ccc(F)c(F)c2)cc1. The van der Waals surface area contributed by atoms with E-state index in [1.165, 1.54) is 24.3 Å². The number of para-hydroxylation sites is 1. The third kappa shape index (κ3) is 4.48. The van der Waals surface area contributed by atoms with Gasteiger partial charge < -0.3 is 5.32 Å². The maximum atomic E-state index is 13.2. The minimum Gasteiger partial charge on any atom is -0.322 e. The van der Waals surface area contributed by atoms with Crippen LogP contribution < -0.4 is 10.0 Å². The molecular formula is C19H14F2N2O3S. The number of hydrogen-bond acceptors (Lipinski definition) is 3. The van der Waals surface area contributed by atoms with Crippen molar-refractivity contribution in [3.63, 3.8) is 0 Å². The van der Waals surface area contributed by atoms with Gasteiger partial charge in [-0.2, -0.15) is 0 Å². The van der Waals surface area contributed by atoms with Gasteiger partial charge in [0.05, 0.1) is 10.6 Å². The van der Waals surface area contributed by atoms with E-state index in [-0.39, 0.29) is 16.1 Å². The third-order valence-corrected chi connectivity index (χ3v) is 5.03. The van der Waals surface area contributed by atoms with Gasteiger partial charge in [-0.3, -0.25) is 9.52 Å². The van der Waals surface area contributed by atoms with Crippen LogP contribution in [0, 0.1) is 11.6 Å². The highest BCUT2D eigenvalue weighted by Gasteiger charge is 2.16. The summed E-state index contributed by atoms with van der Waals surface area (Å²) in [5, 5.41) is 2.69. The Balaban J connectivity index is 1.75. The lowest BCUT2D eigenvalue weighted by molar-refractivity contribution is 0.102. The third-order valence-electron chi connectivity index (χ3n) is 3.63. The predicted octanol–water partition coefficient (Wildman–Crippen LogP) is 4.02. The van der Waals surface area contributed by atoms with Crippen molar-refractivity contribution in [1.29, 1.82) is 0 Å². The van der Waals surface area contributed by atoms with Gasteiger partial charge in [-0.15, -0.1) is 0 Å². The Labute approximate surface area is 154 Å². The molecule has 0 aromatic heterocycles. The van der Waals surface area contributed by atoms with Crippen LogP contribution in [0.1, 0.15) is 10.4 Å². The fourth-order valence-corrected chi connectivity index (χ4v) is 3.33. The molecule has 3 aromatic carbocycles. The van der Waals surface area contributed by atoms with Crippen LogP contribution in [0.3, 0.4) is 0 Å². The number of anilines is 2. The second-order valence-corrected chi connectivity index (χ2v) is 7.26. The van der Waals surface area contributed by atoms with Crippen LogP contribution in [-0.4, -0.2) is 14.3 Å². The van der Waals surface area contributed by atoms with Crippen LogP contribution in [0.5, 0.6) is 0 Å². The Morgan fingerprint density at radius 2 is 1.44 bits per heavy atom. The van der Waals surface area contributed by atoms with Crippen LogP contribution in [0.15, 0.2) is 77.7 Å². The van der Waals surface area contributed by atoms with E-state index in [4.69, 9.17) is 0 Å². The zero-order valence-electron chi connectivity index (χ0n) is 13.8. The smallest absolute Gasteiger partial charge is 0.261 e. The fraction of sp³-hybridized carbons (Fsp3) is 0. The molecule has 0 aliphatic heterocycles. The van der Waals surface area contributed by atoms with Gasteiger partial charge in [-0.1, -0.05) is 18.2 Å². The number of hydrogen-bond donors (Lipinski definition) is 2. The van der Waals surface area contributed by atoms with Crippen molar-refractivity contribution in [2.45, 2.75) is 4.90 Å². The number of rotatable bonds is 5. The van der Waals surface area contributed by atoms with Gasteiger partial charge >= 0.3 is 0 Å². The van der Waals surface area contributed by atoms with Crippen LogP contribution in [0.4, 0.5) is 20.2 Å². The highest BCUT2D eigenvalue weighted by molar-refractivity contribution is 7.92. The van der Waals surface area contributed by atoms with E-state index in [9.17, 15) is 22.0 Å². The van der Waals surface area contributed by atoms with Crippen molar-refractivity contribution in [1.82, 2.24) is 0 Å². The molecule has 0 atom stereocenters. The van der Waals surface area contributed by atoms with Gasteiger partial charge in [-0.05, 0) is 48.5 Å². The van der Waals surface area contributed by atoms with E-state index in [1.54, 1.807) is 24.3 Å². The van der Waals surface area contributed by atoms with Gasteiger partial charge in [0, 0.05) is 17.3 Å². The quantitative estimate of drug-likeness (QED) is 0.693. The van der Waals surface area contributed by atoms with E-state index in [1.807, 2.05) is 6.07 Å². The Bertz CT molecular complexity index is 1070. The molecule has 3 rings (SSSR count). The maximum absolute atomic E-state index is 13.2. The number of sulfonamides is 1. The Morgan fingerprint density at radius 1 is 0.778 bits per heavy atom. The molecule has 0 radical (unpaired) electrons. The first kappa shape index (κ1) is 18.5. The molecule has 5 nitrogen and oxygen atoms in total. The summed E-state index contributed by atoms with van der Waals surface area (Å²) in [4.78, 5) is 12.1. The van der Waals surface area contributed by atoms with Gasteiger partial charge in [0.2, 0.25) is 0 Å². The predicted molar refractivity (Wildman–Crippen MR) is 98.0 cm³/mol. The van der Waals surface area contributed by atoms with Crippen molar-refractivity contribution in [2.24, 2.45) is 0 Å². The molecule has 0 saturated heterocycles. The summed E-state index contributed by atoms with van der Waals surface area (Å²) in [6.07, 6.45) is 0. The van der Waals surface area contributed by atoms with E-state index in [2.05, 4.69) is 10.0 Å². The van der Waals surface area contributed by atoms with Crippen molar-refractivity contribution in [3.05, 3.63) is 90.0 Å². The molecule has 2 N–H and O–H groups in total. The summed E-state index contributed by atoms with van der Waals surface area (Å²) in [6.45, 7) is 0. The van der Waals surface area contributed by atoms with Crippen LogP contribution >= 0.6 is 0 Å². The summed E-state index contributed by atoms with van der Waals surface area (Å²) < 4.78 is 53.0. The van der Waals surface area contributed by atoms with E-state index in [0.29, 0.717) is 5.69 Å². The zero-order valence-corrected chi connectivity index (χ0v) is 14.6. The Morgan fingerprint density at radius 3 is 2.07 bits per heavy atom. The van der Waals surface area contributed by atoms with Crippen LogP contribution in [0.2, 0.25) is 0 Å². The lowest BCUT2D eigenvalue weighted by Crippen LogP contribution is -2.15. The van der Waals surface area contributed by atoms with Crippen LogP contribution in [-0.2, 0) is 10.0 Å². The Hall–Kier alpha value is -3.26. The highest BCUT2D eigenvalue weighted by atomic mass is 32.2. The van der Waals surface area contributed by atoms with Crippen molar-refractivity contribution in [2.75, 3.05) is 10.0 Å². The van der Waals surface area contributed by atoms with E-state index in [0.717, 1.165) is 18.2 Å². The normalized spacial score (nSPS) is 11.0. The van der Waals surface area contributed by atoms with Crippen molar-refractivity contribution >= 4 is 27.3 Å². The van der Waals surface area contributed by atoms with Gasteiger partial charge in [-0.25, -0.2) is 17.2 Å². The minimum atomic E-state index is -4.02. The minimum absolute atomic E-state index is 0.111. The monoisotopic (exact) mass is 388 g/mol. The second-order valence-electron chi connectivity index (χ2n) is 5.58. The summed E-state index contributed by atoms with van der Waals surface area (Å²) in [5.74, 6) is -2.63. The first-order valence-electron chi connectivity index (χ1n) is 7.79. The summed E-state index contributed by atoms with van der Waals surface area (Å²) >= 11 is 0. The number of nitrogens with one attached hydrogen (secondary N) is 2. The molecule has 0 aliphatic rings. The number of halogens is 2. The number of benzene rings is 3. The molecule has 0 saturated carbocycles. The molecular weight excluding hydrogens is 374 g/mol. The molecule has 27 heavy (non-hydrogen) atoms. The molecule has 0 heterocycles. The molecule has 0 fully saturated rings. The first-order chi connectivity index (χ1) is 12.8. The number of carbonyl (C=O) groups excluding carboxylic acids is 1. The lowest BCUT2D eigenvalue weighted by atomic mass is 10.2. The summed E-state index contributed by atoms with van der Waals surface area (Å²) in [6, 6.07) is 16.7. The van der Waals surface area contributed by atoms with Gasteiger partial charge in [0.1, 0.15) is 0 Å². The van der Waals surface area contributed by atoms with Gasteiger partial charge in [0.15, 0.2) is 11.6 Å². The van der Waals surface area contributed by atoms with Crippen molar-refractivity contribution < 1.29 is 22.0 Å². The first-order valence-corrected chi connectivity index (χ1v) is 9.28. The van der Waals surface area contributed by atoms with E-state index >= 15 is 0 Å². The van der Waals surface area contributed by atoms with Crippen molar-refractivity contribution in [3.8, 4) is 0 Å². The van der Waals surface area contributed by atoms with E-state index < -0.39 is 27.6 Å². The van der Waals surface area contributed by atoms with Crippen LogP contribution in [0.25, 0.3) is 0 Å². The number of carbonyl (C=O) groups is 1. The zero-order chi connectivity index (χ0) is 19.4.